The highest BCUT2D eigenvalue weighted by Gasteiger charge is 2.51. The van der Waals surface area contributed by atoms with E-state index in [4.69, 9.17) is 4.74 Å². The highest BCUT2D eigenvalue weighted by atomic mass is 16.6. The summed E-state index contributed by atoms with van der Waals surface area (Å²) in [5, 5.41) is 5.97. The second-order valence-electron chi connectivity index (χ2n) is 10.8. The van der Waals surface area contributed by atoms with Crippen LogP contribution in [-0.2, 0) is 22.4 Å². The summed E-state index contributed by atoms with van der Waals surface area (Å²) in [5.41, 5.74) is 0.423. The highest BCUT2D eigenvalue weighted by molar-refractivity contribution is 6.07. The molecule has 8 nitrogen and oxygen atoms in total. The molecule has 8 heteroatoms. The first-order chi connectivity index (χ1) is 17.1. The van der Waals surface area contributed by atoms with E-state index < -0.39 is 17.2 Å². The van der Waals surface area contributed by atoms with Crippen molar-refractivity contribution in [2.45, 2.75) is 63.6 Å². The number of likely N-dealkylation sites (tertiary alicyclic amines) is 1. The lowest BCUT2D eigenvalue weighted by Gasteiger charge is -2.34. The lowest BCUT2D eigenvalue weighted by molar-refractivity contribution is -0.133. The third kappa shape index (κ3) is 6.43. The van der Waals surface area contributed by atoms with Crippen molar-refractivity contribution in [1.82, 2.24) is 20.4 Å². The second-order valence-corrected chi connectivity index (χ2v) is 10.8. The van der Waals surface area contributed by atoms with E-state index >= 15 is 0 Å². The van der Waals surface area contributed by atoms with Crippen LogP contribution in [0.5, 0.6) is 0 Å². The van der Waals surface area contributed by atoms with Gasteiger partial charge in [0, 0.05) is 32.0 Å². The van der Waals surface area contributed by atoms with E-state index in [1.54, 1.807) is 0 Å². The molecule has 0 spiro atoms. The Balaban J connectivity index is 1.41. The maximum atomic E-state index is 13.8. The molecule has 0 radical (unpaired) electrons. The molecule has 36 heavy (non-hydrogen) atoms. The first kappa shape index (κ1) is 25.7. The number of nitrogens with one attached hydrogen (secondary N) is 2. The average Bonchev–Trinajstić information content (AvgIpc) is 3.04. The number of rotatable bonds is 7. The van der Waals surface area contributed by atoms with Crippen LogP contribution in [-0.4, -0.2) is 64.8 Å². The molecule has 0 aliphatic carbocycles. The van der Waals surface area contributed by atoms with Crippen LogP contribution in [0.2, 0.25) is 0 Å². The van der Waals surface area contributed by atoms with Crippen LogP contribution in [0.4, 0.5) is 9.59 Å². The molecule has 4 rings (SSSR count). The predicted molar refractivity (Wildman–Crippen MR) is 137 cm³/mol. The van der Waals surface area contributed by atoms with Crippen LogP contribution in [0.15, 0.2) is 60.7 Å². The minimum atomic E-state index is -1.03. The molecule has 0 saturated carbocycles. The molecule has 2 fully saturated rings. The number of benzene rings is 2. The lowest BCUT2D eigenvalue weighted by atomic mass is 9.84. The van der Waals surface area contributed by atoms with Crippen molar-refractivity contribution in [3.8, 4) is 0 Å². The number of nitrogens with zero attached hydrogens (tertiary/aromatic N) is 2. The van der Waals surface area contributed by atoms with Gasteiger partial charge in [0.15, 0.2) is 0 Å². The fourth-order valence-electron chi connectivity index (χ4n) is 4.89. The van der Waals surface area contributed by atoms with Gasteiger partial charge >= 0.3 is 12.1 Å². The van der Waals surface area contributed by atoms with Gasteiger partial charge < -0.3 is 15.4 Å². The van der Waals surface area contributed by atoms with E-state index in [1.165, 1.54) is 4.90 Å². The molecule has 2 aliphatic rings. The Bertz CT molecular complexity index is 1020. The number of piperidine rings is 1. The van der Waals surface area contributed by atoms with Crippen LogP contribution < -0.4 is 10.6 Å². The Morgan fingerprint density at radius 2 is 1.50 bits per heavy atom. The summed E-state index contributed by atoms with van der Waals surface area (Å²) in [6.07, 6.45) is 1.88. The van der Waals surface area contributed by atoms with Gasteiger partial charge in [0.25, 0.3) is 5.91 Å². The molecule has 2 N–H and O–H groups in total. The van der Waals surface area contributed by atoms with Gasteiger partial charge in [0.2, 0.25) is 0 Å². The summed E-state index contributed by atoms with van der Waals surface area (Å²) in [7, 11) is 0. The monoisotopic (exact) mass is 492 g/mol. The summed E-state index contributed by atoms with van der Waals surface area (Å²) in [5.74, 6) is -0.200. The lowest BCUT2D eigenvalue weighted by Crippen LogP contribution is -2.52. The Labute approximate surface area is 213 Å². The number of hydrogen-bond acceptors (Lipinski definition) is 5. The number of alkyl carbamates (subject to hydrolysis) is 1. The molecule has 4 amide bonds. The topological polar surface area (TPSA) is 91.0 Å². The Hall–Kier alpha value is -3.39. The number of ether oxygens (including phenoxy) is 1. The molecule has 192 valence electrons. The van der Waals surface area contributed by atoms with Crippen LogP contribution in [0.3, 0.4) is 0 Å². The normalized spacial score (nSPS) is 18.7. The maximum absolute atomic E-state index is 13.8. The third-order valence-electron chi connectivity index (χ3n) is 6.59. The molecular weight excluding hydrogens is 456 g/mol. The van der Waals surface area contributed by atoms with Gasteiger partial charge in [-0.2, -0.15) is 0 Å². The van der Waals surface area contributed by atoms with Gasteiger partial charge in [-0.1, -0.05) is 60.7 Å². The fraction of sp³-hybridized carbons (Fsp3) is 0.464. The Morgan fingerprint density at radius 1 is 0.972 bits per heavy atom. The zero-order chi connectivity index (χ0) is 25.8. The molecule has 2 saturated heterocycles. The minimum absolute atomic E-state index is 0.00876. The standard InChI is InChI=1S/C28H36N4O4/c1-27(2,3)36-26(35)29-23-14-16-31(17-15-23)20-32-24(33)28(30-25(32)34,18-21-10-6-4-7-11-21)19-22-12-8-5-9-13-22/h4-13,23H,14-20H2,1-3H3,(H,29,35)(H,30,34). The average molecular weight is 493 g/mol. The van der Waals surface area contributed by atoms with E-state index in [-0.39, 0.29) is 24.6 Å². The van der Waals surface area contributed by atoms with Gasteiger partial charge in [-0.05, 0) is 44.7 Å². The van der Waals surface area contributed by atoms with Crippen molar-refractivity contribution < 1.29 is 19.1 Å². The highest BCUT2D eigenvalue weighted by Crippen LogP contribution is 2.28. The zero-order valence-electron chi connectivity index (χ0n) is 21.3. The van der Waals surface area contributed by atoms with Gasteiger partial charge in [0.1, 0.15) is 11.1 Å². The number of hydrogen-bond donors (Lipinski definition) is 2. The number of imide groups is 1. The van der Waals surface area contributed by atoms with E-state index in [0.29, 0.717) is 25.9 Å². The van der Waals surface area contributed by atoms with Crippen LogP contribution >= 0.6 is 0 Å². The second kappa shape index (κ2) is 10.7. The molecule has 2 aromatic rings. The zero-order valence-corrected chi connectivity index (χ0v) is 21.3. The van der Waals surface area contributed by atoms with Gasteiger partial charge in [-0.25, -0.2) is 14.5 Å². The number of carbonyl (C=O) groups excluding carboxylic acids is 3. The fourth-order valence-corrected chi connectivity index (χ4v) is 4.89. The Morgan fingerprint density at radius 3 is 2.00 bits per heavy atom. The molecule has 2 aliphatic heterocycles. The van der Waals surface area contributed by atoms with E-state index in [9.17, 15) is 14.4 Å². The maximum Gasteiger partial charge on any atom is 0.407 e. The van der Waals surface area contributed by atoms with Crippen molar-refractivity contribution in [3.05, 3.63) is 71.8 Å². The third-order valence-corrected chi connectivity index (χ3v) is 6.59. The molecule has 2 aromatic carbocycles. The minimum Gasteiger partial charge on any atom is -0.444 e. The molecular formula is C28H36N4O4. The first-order valence-electron chi connectivity index (χ1n) is 12.6. The smallest absolute Gasteiger partial charge is 0.407 e. The van der Waals surface area contributed by atoms with Crippen LogP contribution in [0.25, 0.3) is 0 Å². The summed E-state index contributed by atoms with van der Waals surface area (Å²) in [6, 6.07) is 19.2. The van der Waals surface area contributed by atoms with Crippen LogP contribution in [0.1, 0.15) is 44.7 Å². The van der Waals surface area contributed by atoms with E-state index in [2.05, 4.69) is 15.5 Å². The van der Waals surface area contributed by atoms with E-state index in [0.717, 1.165) is 24.0 Å². The van der Waals surface area contributed by atoms with Crippen molar-refractivity contribution >= 4 is 18.0 Å². The van der Waals surface area contributed by atoms with Crippen molar-refractivity contribution in [2.24, 2.45) is 0 Å². The summed E-state index contributed by atoms with van der Waals surface area (Å²) in [6.45, 7) is 7.08. The molecule has 2 heterocycles. The van der Waals surface area contributed by atoms with Gasteiger partial charge in [-0.15, -0.1) is 0 Å². The van der Waals surface area contributed by atoms with Crippen molar-refractivity contribution in [1.29, 1.82) is 0 Å². The summed E-state index contributed by atoms with van der Waals surface area (Å²) >= 11 is 0. The molecule has 0 aromatic heterocycles. The summed E-state index contributed by atoms with van der Waals surface area (Å²) < 4.78 is 5.35. The summed E-state index contributed by atoms with van der Waals surface area (Å²) in [4.78, 5) is 42.4. The van der Waals surface area contributed by atoms with Crippen molar-refractivity contribution in [2.75, 3.05) is 19.8 Å². The van der Waals surface area contributed by atoms with Gasteiger partial charge in [0.05, 0.1) is 6.67 Å². The molecule has 0 unspecified atom stereocenters. The Kier molecular flexibility index (Phi) is 7.64. The molecule has 0 atom stereocenters. The quantitative estimate of drug-likeness (QED) is 0.575. The van der Waals surface area contributed by atoms with Gasteiger partial charge in [-0.3, -0.25) is 9.69 Å². The predicted octanol–water partition coefficient (Wildman–Crippen LogP) is 3.71. The SMILES string of the molecule is CC(C)(C)OC(=O)NC1CCN(CN2C(=O)NC(Cc3ccccc3)(Cc3ccccc3)C2=O)CC1. The first-order valence-corrected chi connectivity index (χ1v) is 12.6. The number of amides is 4. The number of carbonyl (C=O) groups is 3. The largest absolute Gasteiger partial charge is 0.444 e. The number of urea groups is 1. The van der Waals surface area contributed by atoms with Crippen LogP contribution in [0, 0.1) is 0 Å². The molecule has 0 bridgehead atoms. The van der Waals surface area contributed by atoms with E-state index in [1.807, 2.05) is 81.4 Å². The van der Waals surface area contributed by atoms with Crippen molar-refractivity contribution in [3.63, 3.8) is 0 Å².